The van der Waals surface area contributed by atoms with Gasteiger partial charge in [0.15, 0.2) is 0 Å². The van der Waals surface area contributed by atoms with E-state index in [1.165, 1.54) is 5.56 Å². The van der Waals surface area contributed by atoms with Crippen LogP contribution in [0.1, 0.15) is 16.8 Å². The van der Waals surface area contributed by atoms with Gasteiger partial charge in [-0.25, -0.2) is 0 Å². The van der Waals surface area contributed by atoms with Crippen molar-refractivity contribution in [2.24, 2.45) is 7.05 Å². The average Bonchev–Trinajstić information content (AvgIpc) is 3.20. The Morgan fingerprint density at radius 1 is 1.26 bits per heavy atom. The van der Waals surface area contributed by atoms with E-state index < -0.39 is 0 Å². The number of hydrogen-bond acceptors (Lipinski definition) is 3. The van der Waals surface area contributed by atoms with Gasteiger partial charge in [-0.05, 0) is 41.8 Å². The van der Waals surface area contributed by atoms with Crippen LogP contribution in [-0.2, 0) is 24.7 Å². The van der Waals surface area contributed by atoms with E-state index in [4.69, 9.17) is 4.74 Å². The monoisotopic (exact) mass is 425 g/mol. The molecule has 6 heteroatoms. The summed E-state index contributed by atoms with van der Waals surface area (Å²) in [6, 6.07) is 14.0. The molecule has 1 N–H and O–H groups in total. The van der Waals surface area contributed by atoms with Crippen LogP contribution >= 0.6 is 15.9 Å². The van der Waals surface area contributed by atoms with Crippen LogP contribution in [0.25, 0.3) is 11.1 Å². The third-order valence-electron chi connectivity index (χ3n) is 4.73. The Kier molecular flexibility index (Phi) is 4.74. The lowest BCUT2D eigenvalue weighted by atomic mass is 10.0. The molecule has 0 atom stereocenters. The molecule has 1 amide bonds. The highest BCUT2D eigenvalue weighted by Gasteiger charge is 2.18. The number of nitrogens with one attached hydrogen (secondary N) is 1. The molecule has 0 bridgehead atoms. The molecule has 4 rings (SSSR count). The summed E-state index contributed by atoms with van der Waals surface area (Å²) in [6.45, 7) is 2.67. The molecule has 0 radical (unpaired) electrons. The lowest BCUT2D eigenvalue weighted by molar-refractivity contribution is -0.115. The van der Waals surface area contributed by atoms with Crippen LogP contribution in [0.5, 0.6) is 5.75 Å². The molecule has 0 saturated heterocycles. The summed E-state index contributed by atoms with van der Waals surface area (Å²) in [7, 11) is 1.84. The van der Waals surface area contributed by atoms with Crippen LogP contribution in [0.2, 0.25) is 0 Å². The second-order valence-electron chi connectivity index (χ2n) is 6.71. The molecular formula is C21H20BrN3O2. The lowest BCUT2D eigenvalue weighted by Crippen LogP contribution is -2.17. The Morgan fingerprint density at radius 3 is 2.81 bits per heavy atom. The van der Waals surface area contributed by atoms with Crippen molar-refractivity contribution in [1.82, 2.24) is 9.78 Å². The third kappa shape index (κ3) is 3.62. The van der Waals surface area contributed by atoms with Crippen molar-refractivity contribution in [3.8, 4) is 16.9 Å². The number of benzene rings is 2. The molecule has 1 aromatic heterocycles. The van der Waals surface area contributed by atoms with Crippen LogP contribution in [0.4, 0.5) is 5.82 Å². The third-order valence-corrected chi connectivity index (χ3v) is 5.26. The summed E-state index contributed by atoms with van der Waals surface area (Å²) in [6.07, 6.45) is 1.22. The van der Waals surface area contributed by atoms with Crippen LogP contribution in [0, 0.1) is 6.92 Å². The summed E-state index contributed by atoms with van der Waals surface area (Å²) < 4.78 is 8.27. The topological polar surface area (TPSA) is 56.2 Å². The molecule has 0 fully saturated rings. The molecule has 27 heavy (non-hydrogen) atoms. The zero-order chi connectivity index (χ0) is 19.0. The highest BCUT2D eigenvalue weighted by Crippen LogP contribution is 2.32. The normalized spacial score (nSPS) is 12.6. The number of carbonyl (C=O) groups is 1. The van der Waals surface area contributed by atoms with Crippen LogP contribution in [0.3, 0.4) is 0 Å². The maximum absolute atomic E-state index is 12.7. The number of aryl methyl sites for hydroxylation is 2. The van der Waals surface area contributed by atoms with Crippen molar-refractivity contribution >= 4 is 27.7 Å². The number of ether oxygens (including phenoxy) is 1. The summed E-state index contributed by atoms with van der Waals surface area (Å²) >= 11 is 3.46. The summed E-state index contributed by atoms with van der Waals surface area (Å²) in [5, 5.41) is 7.54. The van der Waals surface area contributed by atoms with E-state index in [1.54, 1.807) is 4.68 Å². The minimum absolute atomic E-state index is 0.0600. The number of anilines is 1. The van der Waals surface area contributed by atoms with E-state index in [9.17, 15) is 4.79 Å². The number of aromatic nitrogens is 2. The first kappa shape index (κ1) is 17.8. The van der Waals surface area contributed by atoms with E-state index in [-0.39, 0.29) is 5.91 Å². The Bertz CT molecular complexity index is 1010. The van der Waals surface area contributed by atoms with Crippen LogP contribution in [0.15, 0.2) is 46.9 Å². The highest BCUT2D eigenvalue weighted by atomic mass is 79.9. The lowest BCUT2D eigenvalue weighted by Gasteiger charge is -2.10. The molecule has 1 aliphatic heterocycles. The smallest absolute Gasteiger partial charge is 0.229 e. The molecule has 2 aromatic carbocycles. The van der Waals surface area contributed by atoms with Gasteiger partial charge in [0, 0.05) is 23.5 Å². The van der Waals surface area contributed by atoms with Gasteiger partial charge in [-0.3, -0.25) is 9.48 Å². The van der Waals surface area contributed by atoms with Gasteiger partial charge in [0.25, 0.3) is 0 Å². The molecule has 0 saturated carbocycles. The van der Waals surface area contributed by atoms with Crippen molar-refractivity contribution in [3.05, 3.63) is 63.8 Å². The van der Waals surface area contributed by atoms with E-state index in [0.29, 0.717) is 12.2 Å². The molecule has 0 aliphatic carbocycles. The van der Waals surface area contributed by atoms with Crippen LogP contribution < -0.4 is 10.1 Å². The van der Waals surface area contributed by atoms with E-state index in [2.05, 4.69) is 32.4 Å². The molecule has 5 nitrogen and oxygen atoms in total. The summed E-state index contributed by atoms with van der Waals surface area (Å²) in [5.41, 5.74) is 5.01. The number of carbonyl (C=O) groups excluding carboxylic acids is 1. The summed E-state index contributed by atoms with van der Waals surface area (Å²) in [4.78, 5) is 12.7. The Morgan fingerprint density at radius 2 is 2.04 bits per heavy atom. The van der Waals surface area contributed by atoms with Gasteiger partial charge in [-0.15, -0.1) is 0 Å². The number of nitrogens with zero attached hydrogens (tertiary/aromatic N) is 2. The van der Waals surface area contributed by atoms with Gasteiger partial charge in [-0.1, -0.05) is 40.2 Å². The summed E-state index contributed by atoms with van der Waals surface area (Å²) in [5.74, 6) is 1.58. The minimum Gasteiger partial charge on any atom is -0.493 e. The predicted molar refractivity (Wildman–Crippen MR) is 109 cm³/mol. The van der Waals surface area contributed by atoms with E-state index >= 15 is 0 Å². The second-order valence-corrected chi connectivity index (χ2v) is 7.62. The second kappa shape index (κ2) is 7.19. The predicted octanol–water partition coefficient (Wildman–Crippen LogP) is 4.27. The first-order chi connectivity index (χ1) is 13.0. The maximum Gasteiger partial charge on any atom is 0.229 e. The number of amides is 1. The highest BCUT2D eigenvalue weighted by molar-refractivity contribution is 9.10. The standard InChI is InChI=1S/C21H20BrN3O2/c1-13-20(15-4-6-17(22)7-5-15)21(25(2)24-13)23-19(26)12-14-3-8-18-16(11-14)9-10-27-18/h3-8,11H,9-10,12H2,1-2H3,(H,23,26). The Balaban J connectivity index is 1.57. The van der Waals surface area contributed by atoms with Gasteiger partial charge < -0.3 is 10.1 Å². The van der Waals surface area contributed by atoms with Crippen molar-refractivity contribution in [2.45, 2.75) is 19.8 Å². The van der Waals surface area contributed by atoms with Crippen molar-refractivity contribution in [2.75, 3.05) is 11.9 Å². The van der Waals surface area contributed by atoms with E-state index in [0.717, 1.165) is 45.6 Å². The quantitative estimate of drug-likeness (QED) is 0.678. The first-order valence-corrected chi connectivity index (χ1v) is 9.64. The molecular weight excluding hydrogens is 406 g/mol. The Hall–Kier alpha value is -2.60. The molecule has 3 aromatic rings. The first-order valence-electron chi connectivity index (χ1n) is 8.85. The largest absolute Gasteiger partial charge is 0.493 e. The van der Waals surface area contributed by atoms with Gasteiger partial charge >= 0.3 is 0 Å². The number of fused-ring (bicyclic) bond motifs is 1. The molecule has 0 spiro atoms. The molecule has 2 heterocycles. The van der Waals surface area contributed by atoms with Crippen molar-refractivity contribution < 1.29 is 9.53 Å². The number of hydrogen-bond donors (Lipinski definition) is 1. The van der Waals surface area contributed by atoms with Crippen LogP contribution in [-0.4, -0.2) is 22.3 Å². The van der Waals surface area contributed by atoms with Gasteiger partial charge in [0.1, 0.15) is 11.6 Å². The number of rotatable bonds is 4. The van der Waals surface area contributed by atoms with Gasteiger partial charge in [0.05, 0.1) is 18.7 Å². The molecule has 0 unspecified atom stereocenters. The van der Waals surface area contributed by atoms with Gasteiger partial charge in [0.2, 0.25) is 5.91 Å². The Labute approximate surface area is 166 Å². The fourth-order valence-corrected chi connectivity index (χ4v) is 3.74. The molecule has 138 valence electrons. The SMILES string of the molecule is Cc1nn(C)c(NC(=O)Cc2ccc3c(c2)CCO3)c1-c1ccc(Br)cc1. The minimum atomic E-state index is -0.0600. The number of halogens is 1. The fraction of sp³-hybridized carbons (Fsp3) is 0.238. The van der Waals surface area contributed by atoms with E-state index in [1.807, 2.05) is 50.4 Å². The van der Waals surface area contributed by atoms with Gasteiger partial charge in [-0.2, -0.15) is 5.10 Å². The van der Waals surface area contributed by atoms with Crippen molar-refractivity contribution in [1.29, 1.82) is 0 Å². The zero-order valence-electron chi connectivity index (χ0n) is 15.3. The fourth-order valence-electron chi connectivity index (χ4n) is 3.48. The zero-order valence-corrected chi connectivity index (χ0v) is 16.8. The molecule has 1 aliphatic rings. The van der Waals surface area contributed by atoms with Crippen molar-refractivity contribution in [3.63, 3.8) is 0 Å². The average molecular weight is 426 g/mol. The maximum atomic E-state index is 12.7.